The molecule has 0 amide bonds. The molecule has 1 aliphatic rings. The van der Waals surface area contributed by atoms with E-state index in [9.17, 15) is 9.90 Å². The number of nitrogens with one attached hydrogen (secondary N) is 1. The first kappa shape index (κ1) is 20.8. The molecule has 0 radical (unpaired) electrons. The second kappa shape index (κ2) is 8.35. The molecule has 0 unspecified atom stereocenters. The Hall–Kier alpha value is -3.45. The summed E-state index contributed by atoms with van der Waals surface area (Å²) >= 11 is 1.43. The molecule has 7 heteroatoms. The Balaban J connectivity index is 1.51. The molecule has 4 rings (SSSR count). The molecule has 0 spiro atoms. The molecule has 6 nitrogen and oxygen atoms in total. The zero-order valence-corrected chi connectivity index (χ0v) is 18.4. The number of ether oxygens (including phenoxy) is 1. The zero-order chi connectivity index (χ0) is 22.1. The van der Waals surface area contributed by atoms with Gasteiger partial charge in [-0.05, 0) is 48.7 Å². The number of carbonyl (C=O) groups excluding carboxylic acids is 1. The van der Waals surface area contributed by atoms with Crippen molar-refractivity contribution in [2.45, 2.75) is 20.4 Å². The standard InChI is InChI=1S/C24H23N3O3S/c1-14-4-7-18(10-15(14)2)19-13-31-23(26-19)21-20(28)12-27(22(21)25)11-16-5-8-17(9-6-16)24(29)30-3/h4-10,13,25,28H,11-12H2,1-3H3. The van der Waals surface area contributed by atoms with E-state index in [0.29, 0.717) is 22.7 Å². The summed E-state index contributed by atoms with van der Waals surface area (Å²) in [4.78, 5) is 18.1. The van der Waals surface area contributed by atoms with Crippen LogP contribution in [-0.2, 0) is 11.3 Å². The third-order valence-electron chi connectivity index (χ3n) is 5.45. The fourth-order valence-electron chi connectivity index (χ4n) is 3.50. The molecule has 0 saturated carbocycles. The van der Waals surface area contributed by atoms with Crippen molar-refractivity contribution in [2.24, 2.45) is 0 Å². The van der Waals surface area contributed by atoms with Gasteiger partial charge in [-0.2, -0.15) is 0 Å². The second-order valence-corrected chi connectivity index (χ2v) is 8.41. The fraction of sp³-hybridized carbons (Fsp3) is 0.208. The number of nitrogens with zero attached hydrogens (tertiary/aromatic N) is 2. The Morgan fingerprint density at radius 2 is 1.94 bits per heavy atom. The molecule has 2 N–H and O–H groups in total. The molecule has 0 saturated heterocycles. The van der Waals surface area contributed by atoms with E-state index in [0.717, 1.165) is 16.8 Å². The zero-order valence-electron chi connectivity index (χ0n) is 17.6. The van der Waals surface area contributed by atoms with Crippen molar-refractivity contribution in [1.82, 2.24) is 9.88 Å². The first-order valence-electron chi connectivity index (χ1n) is 9.84. The van der Waals surface area contributed by atoms with Gasteiger partial charge in [-0.1, -0.05) is 24.3 Å². The maximum atomic E-state index is 11.6. The van der Waals surface area contributed by atoms with Gasteiger partial charge in [0.05, 0.1) is 30.5 Å². The van der Waals surface area contributed by atoms with Crippen LogP contribution in [0.4, 0.5) is 0 Å². The number of aromatic nitrogens is 1. The lowest BCUT2D eigenvalue weighted by Gasteiger charge is -2.18. The van der Waals surface area contributed by atoms with E-state index in [4.69, 9.17) is 15.1 Å². The minimum Gasteiger partial charge on any atom is -0.510 e. The number of aliphatic hydroxyl groups is 1. The van der Waals surface area contributed by atoms with Crippen LogP contribution in [0.5, 0.6) is 0 Å². The highest BCUT2D eigenvalue weighted by molar-refractivity contribution is 7.11. The number of aryl methyl sites for hydroxylation is 2. The van der Waals surface area contributed by atoms with Gasteiger partial charge in [0.1, 0.15) is 16.6 Å². The maximum absolute atomic E-state index is 11.6. The highest BCUT2D eigenvalue weighted by Crippen LogP contribution is 2.33. The van der Waals surface area contributed by atoms with Gasteiger partial charge < -0.3 is 14.7 Å². The number of hydrogen-bond donors (Lipinski definition) is 2. The molecular formula is C24H23N3O3S. The molecule has 1 aromatic heterocycles. The van der Waals surface area contributed by atoms with E-state index >= 15 is 0 Å². The fourth-order valence-corrected chi connectivity index (χ4v) is 4.40. The third kappa shape index (κ3) is 4.09. The van der Waals surface area contributed by atoms with Crippen LogP contribution in [0.15, 0.2) is 53.6 Å². The summed E-state index contributed by atoms with van der Waals surface area (Å²) in [6.45, 7) is 4.85. The van der Waals surface area contributed by atoms with Crippen LogP contribution < -0.4 is 0 Å². The number of carbonyl (C=O) groups is 1. The number of methoxy groups -OCH3 is 1. The third-order valence-corrected chi connectivity index (χ3v) is 6.31. The topological polar surface area (TPSA) is 86.5 Å². The normalized spacial score (nSPS) is 13.8. The molecule has 2 heterocycles. The van der Waals surface area contributed by atoms with Crippen LogP contribution in [0.1, 0.15) is 32.1 Å². The van der Waals surface area contributed by atoms with Gasteiger partial charge in [-0.15, -0.1) is 11.3 Å². The summed E-state index contributed by atoms with van der Waals surface area (Å²) in [6, 6.07) is 13.3. The predicted octanol–water partition coefficient (Wildman–Crippen LogP) is 4.98. The lowest BCUT2D eigenvalue weighted by atomic mass is 10.1. The Labute approximate surface area is 185 Å². The van der Waals surface area contributed by atoms with Crippen molar-refractivity contribution in [3.63, 3.8) is 0 Å². The Bertz CT molecular complexity index is 1200. The van der Waals surface area contributed by atoms with Gasteiger partial charge in [0.2, 0.25) is 0 Å². The molecular weight excluding hydrogens is 410 g/mol. The van der Waals surface area contributed by atoms with Crippen molar-refractivity contribution in [1.29, 1.82) is 5.41 Å². The average molecular weight is 434 g/mol. The molecule has 3 aromatic rings. The summed E-state index contributed by atoms with van der Waals surface area (Å²) < 4.78 is 4.72. The summed E-state index contributed by atoms with van der Waals surface area (Å²) in [6.07, 6.45) is 0. The Morgan fingerprint density at radius 3 is 2.61 bits per heavy atom. The van der Waals surface area contributed by atoms with Gasteiger partial charge in [-0.3, -0.25) is 5.41 Å². The number of hydrogen-bond acceptors (Lipinski definition) is 6. The van der Waals surface area contributed by atoms with Crippen LogP contribution in [0.3, 0.4) is 0 Å². The lowest BCUT2D eigenvalue weighted by molar-refractivity contribution is 0.0600. The molecule has 2 aromatic carbocycles. The average Bonchev–Trinajstić information content (AvgIpc) is 3.34. The van der Waals surface area contributed by atoms with E-state index in [1.54, 1.807) is 17.0 Å². The largest absolute Gasteiger partial charge is 0.510 e. The van der Waals surface area contributed by atoms with E-state index < -0.39 is 0 Å². The summed E-state index contributed by atoms with van der Waals surface area (Å²) in [5, 5.41) is 21.8. The van der Waals surface area contributed by atoms with Crippen LogP contribution in [0.2, 0.25) is 0 Å². The van der Waals surface area contributed by atoms with Crippen LogP contribution in [-0.4, -0.2) is 40.4 Å². The van der Waals surface area contributed by atoms with Gasteiger partial charge >= 0.3 is 5.97 Å². The van der Waals surface area contributed by atoms with Gasteiger partial charge in [-0.25, -0.2) is 9.78 Å². The smallest absolute Gasteiger partial charge is 0.337 e. The van der Waals surface area contributed by atoms with E-state index in [2.05, 4.69) is 26.0 Å². The van der Waals surface area contributed by atoms with Gasteiger partial charge in [0.15, 0.2) is 0 Å². The van der Waals surface area contributed by atoms with Crippen molar-refractivity contribution >= 4 is 28.7 Å². The van der Waals surface area contributed by atoms with Crippen LogP contribution in [0.25, 0.3) is 16.8 Å². The highest BCUT2D eigenvalue weighted by atomic mass is 32.1. The van der Waals surface area contributed by atoms with Crippen molar-refractivity contribution in [3.05, 3.63) is 80.9 Å². The number of benzene rings is 2. The highest BCUT2D eigenvalue weighted by Gasteiger charge is 2.30. The second-order valence-electron chi connectivity index (χ2n) is 7.55. The maximum Gasteiger partial charge on any atom is 0.337 e. The SMILES string of the molecule is COC(=O)c1ccc(CN2CC(O)=C(c3nc(-c4ccc(C)c(C)c4)cs3)C2=N)cc1. The summed E-state index contributed by atoms with van der Waals surface area (Å²) in [7, 11) is 1.35. The van der Waals surface area contributed by atoms with E-state index in [1.807, 2.05) is 23.6 Å². The van der Waals surface area contributed by atoms with E-state index in [1.165, 1.54) is 29.6 Å². The Morgan fingerprint density at radius 1 is 1.19 bits per heavy atom. The first-order valence-corrected chi connectivity index (χ1v) is 10.7. The summed E-state index contributed by atoms with van der Waals surface area (Å²) in [5.41, 5.74) is 6.18. The minimum atomic E-state index is -0.384. The van der Waals surface area contributed by atoms with Crippen molar-refractivity contribution in [2.75, 3.05) is 13.7 Å². The number of aliphatic hydroxyl groups excluding tert-OH is 1. The van der Waals surface area contributed by atoms with Gasteiger partial charge in [0, 0.05) is 17.5 Å². The molecule has 0 aliphatic carbocycles. The predicted molar refractivity (Wildman–Crippen MR) is 122 cm³/mol. The van der Waals surface area contributed by atoms with Crippen molar-refractivity contribution < 1.29 is 14.6 Å². The first-order chi connectivity index (χ1) is 14.9. The molecule has 0 atom stereocenters. The Kier molecular flexibility index (Phi) is 5.61. The monoisotopic (exact) mass is 433 g/mol. The van der Waals surface area contributed by atoms with E-state index in [-0.39, 0.29) is 24.1 Å². The van der Waals surface area contributed by atoms with Crippen LogP contribution >= 0.6 is 11.3 Å². The lowest BCUT2D eigenvalue weighted by Crippen LogP contribution is -2.26. The number of esters is 1. The minimum absolute atomic E-state index is 0.150. The van der Waals surface area contributed by atoms with Gasteiger partial charge in [0.25, 0.3) is 0 Å². The molecule has 0 bridgehead atoms. The quantitative estimate of drug-likeness (QED) is 0.555. The van der Waals surface area contributed by atoms with Crippen molar-refractivity contribution in [3.8, 4) is 11.3 Å². The molecule has 0 fully saturated rings. The molecule has 31 heavy (non-hydrogen) atoms. The number of rotatable bonds is 5. The number of amidine groups is 1. The van der Waals surface area contributed by atoms with Crippen LogP contribution in [0, 0.1) is 19.3 Å². The summed E-state index contributed by atoms with van der Waals surface area (Å²) in [5.74, 6) is 0.0121. The molecule has 158 valence electrons. The molecule has 1 aliphatic heterocycles. The number of thiazole rings is 1.